The zero-order valence-corrected chi connectivity index (χ0v) is 13.1. The summed E-state index contributed by atoms with van der Waals surface area (Å²) in [7, 11) is 1.55. The van der Waals surface area contributed by atoms with E-state index in [0.717, 1.165) is 15.9 Å². The van der Waals surface area contributed by atoms with Crippen LogP contribution in [0.2, 0.25) is 0 Å². The van der Waals surface area contributed by atoms with Gasteiger partial charge < -0.3 is 15.8 Å². The highest BCUT2D eigenvalue weighted by atomic mass is 32.1. The molecular formula is C15H14N4O3S. The summed E-state index contributed by atoms with van der Waals surface area (Å²) in [6, 6.07) is 8.90. The summed E-state index contributed by atoms with van der Waals surface area (Å²) in [6.07, 6.45) is 1.69. The fraction of sp³-hybridized carbons (Fsp3) is 0.133. The number of benzene rings is 1. The number of amides is 2. The highest BCUT2D eigenvalue weighted by Crippen LogP contribution is 2.28. The Morgan fingerprint density at radius 1 is 1.35 bits per heavy atom. The Labute approximate surface area is 135 Å². The van der Waals surface area contributed by atoms with Crippen molar-refractivity contribution in [2.75, 3.05) is 13.7 Å². The van der Waals surface area contributed by atoms with Gasteiger partial charge in [-0.05, 0) is 30.3 Å². The number of thiophene rings is 1. The Hall–Kier alpha value is -2.87. The third kappa shape index (κ3) is 3.02. The van der Waals surface area contributed by atoms with E-state index in [1.165, 1.54) is 11.3 Å². The van der Waals surface area contributed by atoms with Crippen LogP contribution in [0, 0.1) is 0 Å². The molecule has 118 valence electrons. The normalized spacial score (nSPS) is 10.7. The maximum absolute atomic E-state index is 11.3. The van der Waals surface area contributed by atoms with Gasteiger partial charge in [-0.1, -0.05) is 0 Å². The van der Waals surface area contributed by atoms with Crippen molar-refractivity contribution in [3.8, 4) is 11.4 Å². The summed E-state index contributed by atoms with van der Waals surface area (Å²) in [5.41, 5.74) is 6.13. The molecule has 0 radical (unpaired) electrons. The minimum Gasteiger partial charge on any atom is -0.484 e. The van der Waals surface area contributed by atoms with Crippen molar-refractivity contribution in [2.45, 2.75) is 0 Å². The summed E-state index contributed by atoms with van der Waals surface area (Å²) in [4.78, 5) is 23.8. The van der Waals surface area contributed by atoms with E-state index < -0.39 is 5.91 Å². The van der Waals surface area contributed by atoms with Crippen molar-refractivity contribution in [1.29, 1.82) is 0 Å². The second-order valence-corrected chi connectivity index (χ2v) is 5.78. The number of carbonyl (C=O) groups excluding carboxylic acids is 2. The van der Waals surface area contributed by atoms with E-state index in [0.29, 0.717) is 10.6 Å². The molecule has 0 spiro atoms. The van der Waals surface area contributed by atoms with Crippen molar-refractivity contribution in [2.24, 2.45) is 5.73 Å². The predicted molar refractivity (Wildman–Crippen MR) is 87.0 cm³/mol. The molecule has 0 aliphatic carbocycles. The van der Waals surface area contributed by atoms with E-state index in [-0.39, 0.29) is 12.5 Å². The highest BCUT2D eigenvalue weighted by Gasteiger charge is 2.12. The van der Waals surface area contributed by atoms with Gasteiger partial charge in [0.15, 0.2) is 6.61 Å². The summed E-state index contributed by atoms with van der Waals surface area (Å²) in [5.74, 6) is -0.0547. The van der Waals surface area contributed by atoms with Crippen molar-refractivity contribution < 1.29 is 14.3 Å². The smallest absolute Gasteiger partial charge is 0.258 e. The number of carbonyl (C=O) groups is 2. The molecule has 7 nitrogen and oxygen atoms in total. The first-order valence-corrected chi connectivity index (χ1v) is 7.61. The van der Waals surface area contributed by atoms with E-state index in [2.05, 4.69) is 10.4 Å². The third-order valence-electron chi connectivity index (χ3n) is 3.22. The summed E-state index contributed by atoms with van der Waals surface area (Å²) >= 11 is 1.30. The van der Waals surface area contributed by atoms with Gasteiger partial charge in [0.1, 0.15) is 10.6 Å². The zero-order chi connectivity index (χ0) is 16.4. The molecule has 0 aliphatic heterocycles. The SMILES string of the molecule is CNC(=O)COc1ccc(-n2ncc3cc(C(N)=O)sc32)cc1. The molecule has 3 N–H and O–H groups in total. The van der Waals surface area contributed by atoms with Crippen LogP contribution in [-0.4, -0.2) is 35.2 Å². The molecule has 0 saturated heterocycles. The molecule has 2 heterocycles. The fourth-order valence-electron chi connectivity index (χ4n) is 2.04. The number of likely N-dealkylation sites (N-methyl/N-ethyl adjacent to an activating group) is 1. The number of ether oxygens (including phenoxy) is 1. The van der Waals surface area contributed by atoms with Crippen LogP contribution in [-0.2, 0) is 4.79 Å². The average molecular weight is 330 g/mol. The summed E-state index contributed by atoms with van der Waals surface area (Å²) in [5, 5.41) is 7.66. The Bertz CT molecular complexity index is 867. The van der Waals surface area contributed by atoms with Gasteiger partial charge in [0.2, 0.25) is 0 Å². The van der Waals surface area contributed by atoms with Crippen LogP contribution in [0.4, 0.5) is 0 Å². The molecule has 23 heavy (non-hydrogen) atoms. The lowest BCUT2D eigenvalue weighted by Crippen LogP contribution is -2.24. The molecule has 0 atom stereocenters. The van der Waals surface area contributed by atoms with Crippen LogP contribution in [0.1, 0.15) is 9.67 Å². The monoisotopic (exact) mass is 330 g/mol. The predicted octanol–water partition coefficient (Wildman–Crippen LogP) is 1.31. The molecule has 3 rings (SSSR count). The van der Waals surface area contributed by atoms with E-state index >= 15 is 0 Å². The quantitative estimate of drug-likeness (QED) is 0.737. The van der Waals surface area contributed by atoms with Gasteiger partial charge in [-0.2, -0.15) is 5.10 Å². The van der Waals surface area contributed by atoms with Crippen molar-refractivity contribution >= 4 is 33.4 Å². The minimum atomic E-state index is -0.448. The highest BCUT2D eigenvalue weighted by molar-refractivity contribution is 7.20. The molecule has 8 heteroatoms. The molecule has 0 bridgehead atoms. The third-order valence-corrected chi connectivity index (χ3v) is 4.36. The number of hydrogen-bond acceptors (Lipinski definition) is 5. The standard InChI is InChI=1S/C15H14N4O3S/c1-17-13(20)8-22-11-4-2-10(3-5-11)19-15-9(7-18-19)6-12(23-15)14(16)21/h2-7H,8H2,1H3,(H2,16,21)(H,17,20). The van der Waals surface area contributed by atoms with E-state index in [9.17, 15) is 9.59 Å². The molecule has 2 amide bonds. The lowest BCUT2D eigenvalue weighted by atomic mass is 10.3. The molecule has 1 aromatic carbocycles. The number of hydrogen-bond donors (Lipinski definition) is 2. The minimum absolute atomic E-state index is 0.0330. The number of nitrogens with two attached hydrogens (primary N) is 1. The second-order valence-electron chi connectivity index (χ2n) is 4.75. The van der Waals surface area contributed by atoms with E-state index in [1.54, 1.807) is 36.1 Å². The van der Waals surface area contributed by atoms with E-state index in [4.69, 9.17) is 10.5 Å². The van der Waals surface area contributed by atoms with Gasteiger partial charge in [0.25, 0.3) is 11.8 Å². The first-order chi connectivity index (χ1) is 11.1. The van der Waals surface area contributed by atoms with Crippen LogP contribution >= 0.6 is 11.3 Å². The molecule has 0 aliphatic rings. The van der Waals surface area contributed by atoms with Crippen LogP contribution in [0.15, 0.2) is 36.5 Å². The van der Waals surface area contributed by atoms with Crippen molar-refractivity contribution in [3.63, 3.8) is 0 Å². The van der Waals surface area contributed by atoms with Gasteiger partial charge in [-0.25, -0.2) is 4.68 Å². The van der Waals surface area contributed by atoms with Gasteiger partial charge in [0.05, 0.1) is 16.8 Å². The summed E-state index contributed by atoms with van der Waals surface area (Å²) < 4.78 is 7.08. The maximum Gasteiger partial charge on any atom is 0.258 e. The molecular weight excluding hydrogens is 316 g/mol. The number of fused-ring (bicyclic) bond motifs is 1. The molecule has 0 unspecified atom stereocenters. The molecule has 0 saturated carbocycles. The maximum atomic E-state index is 11.3. The lowest BCUT2D eigenvalue weighted by Gasteiger charge is -2.06. The largest absolute Gasteiger partial charge is 0.484 e. The number of primary amides is 1. The number of rotatable bonds is 5. The Morgan fingerprint density at radius 3 is 2.74 bits per heavy atom. The van der Waals surface area contributed by atoms with Gasteiger partial charge >= 0.3 is 0 Å². The van der Waals surface area contributed by atoms with Gasteiger partial charge in [0, 0.05) is 12.4 Å². The Kier molecular flexibility index (Phi) is 3.98. The average Bonchev–Trinajstić information content (AvgIpc) is 3.13. The van der Waals surface area contributed by atoms with Crippen molar-refractivity contribution in [3.05, 3.63) is 41.4 Å². The second kappa shape index (κ2) is 6.09. The Balaban J connectivity index is 1.84. The van der Waals surface area contributed by atoms with Crippen LogP contribution in [0.3, 0.4) is 0 Å². The topological polar surface area (TPSA) is 99.2 Å². The van der Waals surface area contributed by atoms with Crippen LogP contribution < -0.4 is 15.8 Å². The van der Waals surface area contributed by atoms with E-state index in [1.807, 2.05) is 12.1 Å². The van der Waals surface area contributed by atoms with Crippen molar-refractivity contribution in [1.82, 2.24) is 15.1 Å². The van der Waals surface area contributed by atoms with Gasteiger partial charge in [-0.15, -0.1) is 11.3 Å². The van der Waals surface area contributed by atoms with Crippen LogP contribution in [0.25, 0.3) is 15.9 Å². The van der Waals surface area contributed by atoms with Gasteiger partial charge in [-0.3, -0.25) is 9.59 Å². The summed E-state index contributed by atoms with van der Waals surface area (Å²) in [6.45, 7) is -0.0330. The molecule has 3 aromatic rings. The number of nitrogens with one attached hydrogen (secondary N) is 1. The number of aromatic nitrogens is 2. The Morgan fingerprint density at radius 2 is 2.09 bits per heavy atom. The lowest BCUT2D eigenvalue weighted by molar-refractivity contribution is -0.122. The fourth-order valence-corrected chi connectivity index (χ4v) is 3.00. The molecule has 0 fully saturated rings. The first kappa shape index (κ1) is 15.0. The van der Waals surface area contributed by atoms with Crippen LogP contribution in [0.5, 0.6) is 5.75 Å². The first-order valence-electron chi connectivity index (χ1n) is 6.79. The number of nitrogens with zero attached hydrogens (tertiary/aromatic N) is 2. The zero-order valence-electron chi connectivity index (χ0n) is 12.3. The molecule has 2 aromatic heterocycles.